The van der Waals surface area contributed by atoms with Gasteiger partial charge in [-0.1, -0.05) is 54.6 Å². The second-order valence-corrected chi connectivity index (χ2v) is 6.21. The van der Waals surface area contributed by atoms with Crippen LogP contribution in [0.2, 0.25) is 0 Å². The second kappa shape index (κ2) is 7.46. The Morgan fingerprint density at radius 2 is 1.58 bits per heavy atom. The van der Waals surface area contributed by atoms with E-state index in [-0.39, 0.29) is 0 Å². The summed E-state index contributed by atoms with van der Waals surface area (Å²) in [5.74, 6) is 0.845. The summed E-state index contributed by atoms with van der Waals surface area (Å²) >= 11 is 0. The Morgan fingerprint density at radius 3 is 2.38 bits per heavy atom. The van der Waals surface area contributed by atoms with Crippen molar-refractivity contribution in [2.45, 2.75) is 13.2 Å². The molecule has 4 rings (SSSR count). The Labute approximate surface area is 152 Å². The number of benzene rings is 3. The molecule has 3 nitrogen and oxygen atoms in total. The number of furan rings is 1. The molecule has 0 aliphatic rings. The Bertz CT molecular complexity index is 999. The van der Waals surface area contributed by atoms with Gasteiger partial charge in [-0.25, -0.2) is 0 Å². The molecule has 0 saturated heterocycles. The molecule has 0 atom stereocenters. The standard InChI is InChI=1S/C23H20O3/c1-24-15-17-4-2-5-18(14-17)16-26-21-10-8-19(9-11-21)22-7-3-6-20-12-13-25-23(20)22/h2-14H,15-16H2,1H3. The van der Waals surface area contributed by atoms with Crippen molar-refractivity contribution in [2.24, 2.45) is 0 Å². The van der Waals surface area contributed by atoms with Crippen LogP contribution >= 0.6 is 0 Å². The second-order valence-electron chi connectivity index (χ2n) is 6.21. The SMILES string of the molecule is COCc1cccc(COc2ccc(-c3cccc4ccoc34)cc2)c1. The first kappa shape index (κ1) is 16.4. The number of hydrogen-bond acceptors (Lipinski definition) is 3. The molecule has 1 heterocycles. The lowest BCUT2D eigenvalue weighted by Crippen LogP contribution is -1.97. The van der Waals surface area contributed by atoms with Crippen LogP contribution in [0.15, 0.2) is 83.5 Å². The predicted octanol–water partition coefficient (Wildman–Crippen LogP) is 5.83. The van der Waals surface area contributed by atoms with Gasteiger partial charge in [0.2, 0.25) is 0 Å². The largest absolute Gasteiger partial charge is 0.489 e. The van der Waals surface area contributed by atoms with Crippen LogP contribution in [0, 0.1) is 0 Å². The normalized spacial score (nSPS) is 11.0. The molecule has 0 N–H and O–H groups in total. The average Bonchev–Trinajstić information content (AvgIpc) is 3.16. The molecule has 1 aromatic heterocycles. The maximum absolute atomic E-state index is 5.92. The number of ether oxygens (including phenoxy) is 2. The summed E-state index contributed by atoms with van der Waals surface area (Å²) in [6.07, 6.45) is 1.73. The lowest BCUT2D eigenvalue weighted by molar-refractivity contribution is 0.184. The zero-order valence-corrected chi connectivity index (χ0v) is 14.6. The van der Waals surface area contributed by atoms with E-state index in [2.05, 4.69) is 42.5 Å². The van der Waals surface area contributed by atoms with Crippen LogP contribution in [0.1, 0.15) is 11.1 Å². The van der Waals surface area contributed by atoms with Gasteiger partial charge >= 0.3 is 0 Å². The fourth-order valence-electron chi connectivity index (χ4n) is 3.09. The summed E-state index contributed by atoms with van der Waals surface area (Å²) in [5, 5.41) is 1.11. The Morgan fingerprint density at radius 1 is 0.808 bits per heavy atom. The minimum Gasteiger partial charge on any atom is -0.489 e. The zero-order chi connectivity index (χ0) is 17.8. The highest BCUT2D eigenvalue weighted by Gasteiger charge is 2.07. The van der Waals surface area contributed by atoms with Crippen LogP contribution in [-0.4, -0.2) is 7.11 Å². The molecule has 0 fully saturated rings. The van der Waals surface area contributed by atoms with Gasteiger partial charge in [0.05, 0.1) is 12.9 Å². The third-order valence-corrected chi connectivity index (χ3v) is 4.35. The molecule has 3 aromatic carbocycles. The maximum atomic E-state index is 5.92. The van der Waals surface area contributed by atoms with Crippen LogP contribution in [0.4, 0.5) is 0 Å². The number of methoxy groups -OCH3 is 1. The summed E-state index contributed by atoms with van der Waals surface area (Å²) in [5.41, 5.74) is 5.39. The molecule has 0 saturated carbocycles. The average molecular weight is 344 g/mol. The third kappa shape index (κ3) is 3.48. The summed E-state index contributed by atoms with van der Waals surface area (Å²) in [6.45, 7) is 1.14. The van der Waals surface area contributed by atoms with Crippen molar-refractivity contribution in [1.29, 1.82) is 0 Å². The molecule has 0 spiro atoms. The Hall–Kier alpha value is -3.04. The lowest BCUT2D eigenvalue weighted by atomic mass is 10.0. The van der Waals surface area contributed by atoms with Gasteiger partial charge in [0.25, 0.3) is 0 Å². The molecule has 0 bridgehead atoms. The maximum Gasteiger partial charge on any atom is 0.141 e. The number of para-hydroxylation sites is 1. The molecule has 0 aliphatic heterocycles. The van der Waals surface area contributed by atoms with Crippen molar-refractivity contribution in [3.05, 3.63) is 90.2 Å². The lowest BCUT2D eigenvalue weighted by Gasteiger charge is -2.09. The molecule has 0 unspecified atom stereocenters. The molecule has 3 heteroatoms. The molecule has 130 valence electrons. The Kier molecular flexibility index (Phi) is 4.71. The van der Waals surface area contributed by atoms with E-state index >= 15 is 0 Å². The topological polar surface area (TPSA) is 31.6 Å². The zero-order valence-electron chi connectivity index (χ0n) is 14.6. The number of hydrogen-bond donors (Lipinski definition) is 0. The van der Waals surface area contributed by atoms with Gasteiger partial charge in [0.15, 0.2) is 0 Å². The van der Waals surface area contributed by atoms with Crippen molar-refractivity contribution in [2.75, 3.05) is 7.11 Å². The van der Waals surface area contributed by atoms with Crippen LogP contribution in [0.3, 0.4) is 0 Å². The quantitative estimate of drug-likeness (QED) is 0.441. The summed E-state index contributed by atoms with van der Waals surface area (Å²) in [6, 6.07) is 24.5. The van der Waals surface area contributed by atoms with Crippen LogP contribution in [0.5, 0.6) is 5.75 Å². The monoisotopic (exact) mass is 344 g/mol. The van der Waals surface area contributed by atoms with Gasteiger partial charge in [0, 0.05) is 18.1 Å². The van der Waals surface area contributed by atoms with Gasteiger partial charge < -0.3 is 13.9 Å². The fourth-order valence-corrected chi connectivity index (χ4v) is 3.09. The van der Waals surface area contributed by atoms with E-state index in [0.29, 0.717) is 13.2 Å². The number of fused-ring (bicyclic) bond motifs is 1. The first-order valence-corrected chi connectivity index (χ1v) is 8.60. The van der Waals surface area contributed by atoms with Crippen molar-refractivity contribution < 1.29 is 13.9 Å². The van der Waals surface area contributed by atoms with Gasteiger partial charge in [0.1, 0.15) is 17.9 Å². The predicted molar refractivity (Wildman–Crippen MR) is 103 cm³/mol. The van der Waals surface area contributed by atoms with E-state index in [0.717, 1.165) is 39.0 Å². The van der Waals surface area contributed by atoms with Crippen molar-refractivity contribution in [3.63, 3.8) is 0 Å². The first-order chi connectivity index (χ1) is 12.8. The minimum absolute atomic E-state index is 0.532. The van der Waals surface area contributed by atoms with E-state index < -0.39 is 0 Å². The molecule has 0 radical (unpaired) electrons. The molecule has 4 aromatic rings. The van der Waals surface area contributed by atoms with Gasteiger partial charge in [-0.2, -0.15) is 0 Å². The highest BCUT2D eigenvalue weighted by Crippen LogP contribution is 2.30. The van der Waals surface area contributed by atoms with E-state index in [1.54, 1.807) is 13.4 Å². The first-order valence-electron chi connectivity index (χ1n) is 8.60. The van der Waals surface area contributed by atoms with Crippen molar-refractivity contribution in [1.82, 2.24) is 0 Å². The van der Waals surface area contributed by atoms with E-state index in [1.807, 2.05) is 30.3 Å². The van der Waals surface area contributed by atoms with E-state index in [4.69, 9.17) is 13.9 Å². The van der Waals surface area contributed by atoms with E-state index in [9.17, 15) is 0 Å². The van der Waals surface area contributed by atoms with Crippen LogP contribution in [0.25, 0.3) is 22.1 Å². The number of rotatable bonds is 6. The van der Waals surface area contributed by atoms with Gasteiger partial charge in [-0.05, 0) is 34.9 Å². The summed E-state index contributed by atoms with van der Waals surface area (Å²) in [4.78, 5) is 0. The third-order valence-electron chi connectivity index (χ3n) is 4.35. The molecule has 0 amide bonds. The van der Waals surface area contributed by atoms with E-state index in [1.165, 1.54) is 0 Å². The van der Waals surface area contributed by atoms with Gasteiger partial charge in [-0.3, -0.25) is 0 Å². The molecular formula is C23H20O3. The Balaban J connectivity index is 1.48. The molecule has 0 aliphatic carbocycles. The summed E-state index contributed by atoms with van der Waals surface area (Å²) in [7, 11) is 1.70. The van der Waals surface area contributed by atoms with Gasteiger partial charge in [-0.15, -0.1) is 0 Å². The van der Waals surface area contributed by atoms with Crippen molar-refractivity contribution >= 4 is 11.0 Å². The molecule has 26 heavy (non-hydrogen) atoms. The highest BCUT2D eigenvalue weighted by molar-refractivity contribution is 5.92. The minimum atomic E-state index is 0.532. The summed E-state index contributed by atoms with van der Waals surface area (Å²) < 4.78 is 16.7. The highest BCUT2D eigenvalue weighted by atomic mass is 16.5. The molecular weight excluding hydrogens is 324 g/mol. The fraction of sp³-hybridized carbons (Fsp3) is 0.130. The van der Waals surface area contributed by atoms with Crippen molar-refractivity contribution in [3.8, 4) is 16.9 Å². The van der Waals surface area contributed by atoms with Crippen LogP contribution < -0.4 is 4.74 Å². The van der Waals surface area contributed by atoms with Crippen LogP contribution in [-0.2, 0) is 18.0 Å². The smallest absolute Gasteiger partial charge is 0.141 e.